The van der Waals surface area contributed by atoms with E-state index in [4.69, 9.17) is 9.47 Å². The van der Waals surface area contributed by atoms with Crippen molar-refractivity contribution in [2.45, 2.75) is 51.7 Å². The minimum atomic E-state index is -0.219. The lowest BCUT2D eigenvalue weighted by atomic mass is 10.1. The summed E-state index contributed by atoms with van der Waals surface area (Å²) in [5, 5.41) is 0. The fourth-order valence-electron chi connectivity index (χ4n) is 1.39. The van der Waals surface area contributed by atoms with Crippen molar-refractivity contribution < 1.29 is 19.1 Å². The van der Waals surface area contributed by atoms with Crippen LogP contribution < -0.4 is 0 Å². The van der Waals surface area contributed by atoms with Gasteiger partial charge in [0.05, 0.1) is 6.10 Å². The van der Waals surface area contributed by atoms with Gasteiger partial charge in [-0.05, 0) is 26.7 Å². The monoisotopic (exact) mass is 200 g/mol. The third-order valence-electron chi connectivity index (χ3n) is 2.01. The van der Waals surface area contributed by atoms with E-state index < -0.39 is 0 Å². The summed E-state index contributed by atoms with van der Waals surface area (Å²) in [6.07, 6.45) is 1.96. The topological polar surface area (TPSA) is 52.6 Å². The van der Waals surface area contributed by atoms with Gasteiger partial charge in [-0.15, -0.1) is 0 Å². The van der Waals surface area contributed by atoms with Crippen LogP contribution in [-0.4, -0.2) is 24.1 Å². The molecule has 1 atom stereocenters. The molecular weight excluding hydrogens is 184 g/mol. The molecule has 0 aromatic heterocycles. The standard InChI is InChI=1S/C10H16O4/c1-7(2)13-9(11)5-3-8-4-6-10(12)14-8/h7-8H,3-6H2,1-2H3/t8-/m0/s1. The summed E-state index contributed by atoms with van der Waals surface area (Å²) < 4.78 is 9.93. The van der Waals surface area contributed by atoms with E-state index in [9.17, 15) is 9.59 Å². The van der Waals surface area contributed by atoms with Crippen molar-refractivity contribution in [3.63, 3.8) is 0 Å². The number of esters is 2. The van der Waals surface area contributed by atoms with Crippen molar-refractivity contribution in [1.29, 1.82) is 0 Å². The number of cyclic esters (lactones) is 1. The highest BCUT2D eigenvalue weighted by Gasteiger charge is 2.23. The number of carbonyl (C=O) groups is 2. The summed E-state index contributed by atoms with van der Waals surface area (Å²) >= 11 is 0. The van der Waals surface area contributed by atoms with E-state index in [1.165, 1.54) is 0 Å². The number of hydrogen-bond acceptors (Lipinski definition) is 4. The molecule has 4 nitrogen and oxygen atoms in total. The SMILES string of the molecule is CC(C)OC(=O)CC[C@H]1CCC(=O)O1. The molecule has 1 heterocycles. The zero-order chi connectivity index (χ0) is 10.6. The summed E-state index contributed by atoms with van der Waals surface area (Å²) in [5.41, 5.74) is 0. The second kappa shape index (κ2) is 4.98. The number of ether oxygens (including phenoxy) is 2. The van der Waals surface area contributed by atoms with Crippen LogP contribution in [0.2, 0.25) is 0 Å². The normalized spacial score (nSPS) is 21.1. The van der Waals surface area contributed by atoms with Crippen molar-refractivity contribution in [3.05, 3.63) is 0 Å². The third-order valence-corrected chi connectivity index (χ3v) is 2.01. The summed E-state index contributed by atoms with van der Waals surface area (Å²) in [7, 11) is 0. The van der Waals surface area contributed by atoms with Gasteiger partial charge in [0.15, 0.2) is 0 Å². The highest BCUT2D eigenvalue weighted by Crippen LogP contribution is 2.18. The predicted molar refractivity (Wildman–Crippen MR) is 49.6 cm³/mol. The fourth-order valence-corrected chi connectivity index (χ4v) is 1.39. The molecule has 0 spiro atoms. The van der Waals surface area contributed by atoms with E-state index in [-0.39, 0.29) is 24.1 Å². The molecule has 0 bridgehead atoms. The van der Waals surface area contributed by atoms with E-state index in [2.05, 4.69) is 0 Å². The second-order valence-electron chi connectivity index (χ2n) is 3.73. The van der Waals surface area contributed by atoms with Gasteiger partial charge in [0.25, 0.3) is 0 Å². The van der Waals surface area contributed by atoms with Gasteiger partial charge in [0.2, 0.25) is 0 Å². The van der Waals surface area contributed by atoms with Crippen LogP contribution in [0.3, 0.4) is 0 Å². The van der Waals surface area contributed by atoms with Crippen molar-refractivity contribution in [3.8, 4) is 0 Å². The van der Waals surface area contributed by atoms with Gasteiger partial charge in [0.1, 0.15) is 6.10 Å². The number of rotatable bonds is 4. The summed E-state index contributed by atoms with van der Waals surface area (Å²) in [6, 6.07) is 0. The minimum absolute atomic E-state index is 0.0753. The molecule has 0 amide bonds. The Labute approximate surface area is 83.6 Å². The summed E-state index contributed by atoms with van der Waals surface area (Å²) in [5.74, 6) is -0.379. The van der Waals surface area contributed by atoms with E-state index in [0.717, 1.165) is 6.42 Å². The highest BCUT2D eigenvalue weighted by atomic mass is 16.6. The number of hydrogen-bond donors (Lipinski definition) is 0. The molecule has 0 unspecified atom stereocenters. The van der Waals surface area contributed by atoms with Gasteiger partial charge in [-0.25, -0.2) is 0 Å². The molecule has 0 N–H and O–H groups in total. The van der Waals surface area contributed by atoms with Crippen LogP contribution in [0.5, 0.6) is 0 Å². The molecule has 4 heteroatoms. The van der Waals surface area contributed by atoms with E-state index in [1.807, 2.05) is 13.8 Å². The lowest BCUT2D eigenvalue weighted by Gasteiger charge is -2.10. The quantitative estimate of drug-likeness (QED) is 0.644. The Balaban J connectivity index is 2.14. The van der Waals surface area contributed by atoms with E-state index in [0.29, 0.717) is 19.3 Å². The Hall–Kier alpha value is -1.06. The van der Waals surface area contributed by atoms with Crippen molar-refractivity contribution >= 4 is 11.9 Å². The molecule has 1 aliphatic heterocycles. The van der Waals surface area contributed by atoms with Crippen molar-refractivity contribution in [2.24, 2.45) is 0 Å². The van der Waals surface area contributed by atoms with Crippen molar-refractivity contribution in [2.75, 3.05) is 0 Å². The first-order valence-corrected chi connectivity index (χ1v) is 4.97. The third kappa shape index (κ3) is 3.77. The van der Waals surface area contributed by atoms with Gasteiger partial charge in [-0.2, -0.15) is 0 Å². The molecule has 1 rings (SSSR count). The molecule has 0 aromatic carbocycles. The van der Waals surface area contributed by atoms with Crippen LogP contribution in [0.1, 0.15) is 39.5 Å². The zero-order valence-electron chi connectivity index (χ0n) is 8.62. The van der Waals surface area contributed by atoms with Gasteiger partial charge in [-0.3, -0.25) is 9.59 Å². The molecule has 14 heavy (non-hydrogen) atoms. The van der Waals surface area contributed by atoms with Crippen LogP contribution >= 0.6 is 0 Å². The van der Waals surface area contributed by atoms with Gasteiger partial charge in [0, 0.05) is 12.8 Å². The van der Waals surface area contributed by atoms with Crippen LogP contribution in [0, 0.1) is 0 Å². The van der Waals surface area contributed by atoms with E-state index in [1.54, 1.807) is 0 Å². The van der Waals surface area contributed by atoms with Gasteiger partial charge in [-0.1, -0.05) is 0 Å². The predicted octanol–water partition coefficient (Wildman–Crippen LogP) is 1.42. The van der Waals surface area contributed by atoms with Crippen LogP contribution in [0.4, 0.5) is 0 Å². The minimum Gasteiger partial charge on any atom is -0.463 e. The molecular formula is C10H16O4. The lowest BCUT2D eigenvalue weighted by molar-refractivity contribution is -0.150. The average molecular weight is 200 g/mol. The summed E-state index contributed by atoms with van der Waals surface area (Å²) in [6.45, 7) is 3.63. The molecule has 1 fully saturated rings. The summed E-state index contributed by atoms with van der Waals surface area (Å²) in [4.78, 5) is 21.9. The van der Waals surface area contributed by atoms with Crippen LogP contribution in [-0.2, 0) is 19.1 Å². The Morgan fingerprint density at radius 3 is 2.86 bits per heavy atom. The maximum atomic E-state index is 11.1. The molecule has 0 aromatic rings. The van der Waals surface area contributed by atoms with Crippen LogP contribution in [0.25, 0.3) is 0 Å². The maximum Gasteiger partial charge on any atom is 0.306 e. The molecule has 1 aliphatic rings. The molecule has 1 saturated heterocycles. The van der Waals surface area contributed by atoms with Gasteiger partial charge >= 0.3 is 11.9 Å². The average Bonchev–Trinajstić information content (AvgIpc) is 2.47. The zero-order valence-corrected chi connectivity index (χ0v) is 8.62. The first-order chi connectivity index (χ1) is 6.58. The molecule has 80 valence electrons. The van der Waals surface area contributed by atoms with E-state index >= 15 is 0 Å². The maximum absolute atomic E-state index is 11.1. The Bertz CT molecular complexity index is 222. The van der Waals surface area contributed by atoms with Crippen molar-refractivity contribution in [1.82, 2.24) is 0 Å². The molecule has 0 radical (unpaired) electrons. The number of carbonyl (C=O) groups excluding carboxylic acids is 2. The highest BCUT2D eigenvalue weighted by molar-refractivity contribution is 5.72. The van der Waals surface area contributed by atoms with Gasteiger partial charge < -0.3 is 9.47 Å². The first kappa shape index (κ1) is 11.0. The van der Waals surface area contributed by atoms with Crippen LogP contribution in [0.15, 0.2) is 0 Å². The molecule has 0 saturated carbocycles. The first-order valence-electron chi connectivity index (χ1n) is 4.97. The Morgan fingerprint density at radius 1 is 1.64 bits per heavy atom. The smallest absolute Gasteiger partial charge is 0.306 e. The Kier molecular flexibility index (Phi) is 3.92. The second-order valence-corrected chi connectivity index (χ2v) is 3.73. The Morgan fingerprint density at radius 2 is 2.36 bits per heavy atom. The largest absolute Gasteiger partial charge is 0.463 e. The fraction of sp³-hybridized carbons (Fsp3) is 0.800. The lowest BCUT2D eigenvalue weighted by Crippen LogP contribution is -2.14. The molecule has 0 aliphatic carbocycles.